The van der Waals surface area contributed by atoms with Crippen molar-refractivity contribution >= 4 is 11.6 Å². The quantitative estimate of drug-likeness (QED) is 0.333. The Morgan fingerprint density at radius 3 is 2.05 bits per heavy atom. The maximum Gasteiger partial charge on any atom is 0.189 e. The van der Waals surface area contributed by atoms with Gasteiger partial charge in [-0.05, 0) is 0 Å². The average Bonchev–Trinajstić information content (AvgIpc) is 2.48. The molecule has 0 spiro atoms. The van der Waals surface area contributed by atoms with Crippen molar-refractivity contribution in [2.24, 2.45) is 0 Å². The molecule has 0 aromatic heterocycles. The van der Waals surface area contributed by atoms with Crippen molar-refractivity contribution < 1.29 is 50.1 Å². The molecule has 0 bridgehead atoms. The summed E-state index contributed by atoms with van der Waals surface area (Å²) < 4.78 is 9.56. The summed E-state index contributed by atoms with van der Waals surface area (Å²) in [7, 11) is 0. The summed E-state index contributed by atoms with van der Waals surface area (Å²) in [5, 5.41) is 44.1. The number of rotatable bonds is 2. The zero-order valence-corrected chi connectivity index (χ0v) is 11.8. The Labute approximate surface area is 126 Å². The smallest absolute Gasteiger partial charge is 0.189 e. The largest absolute Gasteiger partial charge is 0.412 e. The highest BCUT2D eigenvalue weighted by Gasteiger charge is 2.36. The fraction of sp³-hybridized carbons (Fsp3) is 0.833. The number of aliphatic hydroxyl groups is 5. The average molecular weight is 326 g/mol. The second-order valence-electron chi connectivity index (χ2n) is 4.77. The van der Waals surface area contributed by atoms with Crippen LogP contribution in [0.4, 0.5) is 0 Å². The molecule has 2 saturated heterocycles. The molecule has 0 amide bonds. The van der Waals surface area contributed by atoms with Crippen LogP contribution in [-0.2, 0) is 19.1 Å². The molecule has 2 heterocycles. The lowest BCUT2D eigenvalue weighted by atomic mass is 10.0. The van der Waals surface area contributed by atoms with Gasteiger partial charge in [0.15, 0.2) is 11.6 Å². The van der Waals surface area contributed by atoms with Crippen LogP contribution in [0.2, 0.25) is 0 Å². The van der Waals surface area contributed by atoms with E-state index in [1.807, 2.05) is 0 Å². The van der Waals surface area contributed by atoms with Crippen LogP contribution in [0.1, 0.15) is 6.42 Å². The first-order valence-electron chi connectivity index (χ1n) is 6.45. The number of ketones is 2. The van der Waals surface area contributed by atoms with Crippen LogP contribution in [0.15, 0.2) is 0 Å². The van der Waals surface area contributed by atoms with E-state index >= 15 is 0 Å². The van der Waals surface area contributed by atoms with Crippen LogP contribution in [0.5, 0.6) is 0 Å². The molecule has 22 heavy (non-hydrogen) atoms. The minimum atomic E-state index is -1.42. The molecule has 5 atom stereocenters. The Hall–Kier alpha value is -0.980. The van der Waals surface area contributed by atoms with Crippen molar-refractivity contribution in [1.82, 2.24) is 0 Å². The highest BCUT2D eigenvalue weighted by molar-refractivity contribution is 5.85. The summed E-state index contributed by atoms with van der Waals surface area (Å²) in [6.07, 6.45) is -4.65. The standard InChI is InChI=1S/C6H10O5.C6H10O4.H2O/c7-1-4-6(10)5(9)3(8)2-11-4;7-2-4-1-5(8)6(9)3-10-4;/h4-7,9-10H,1-2H2;4-5,7-8H,1-3H2;1H2/t4-,5-,6?;4-,5-;/m10./s1. The van der Waals surface area contributed by atoms with Gasteiger partial charge in [0.2, 0.25) is 0 Å². The van der Waals surface area contributed by atoms with E-state index in [1.165, 1.54) is 0 Å². The molecule has 2 fully saturated rings. The Morgan fingerprint density at radius 1 is 0.955 bits per heavy atom. The molecule has 0 saturated carbocycles. The van der Waals surface area contributed by atoms with Gasteiger partial charge in [0.25, 0.3) is 0 Å². The summed E-state index contributed by atoms with van der Waals surface area (Å²) in [5.41, 5.74) is 0. The van der Waals surface area contributed by atoms with Crippen LogP contribution in [0.25, 0.3) is 0 Å². The second kappa shape index (κ2) is 9.92. The van der Waals surface area contributed by atoms with Gasteiger partial charge in [0.05, 0.1) is 19.3 Å². The second-order valence-corrected chi connectivity index (χ2v) is 4.77. The first-order valence-corrected chi connectivity index (χ1v) is 6.45. The van der Waals surface area contributed by atoms with Crippen LogP contribution in [0, 0.1) is 0 Å². The Kier molecular flexibility index (Phi) is 9.48. The molecular weight excluding hydrogens is 304 g/mol. The van der Waals surface area contributed by atoms with Crippen molar-refractivity contribution in [2.75, 3.05) is 26.4 Å². The third-order valence-electron chi connectivity index (χ3n) is 3.18. The Balaban J connectivity index is 0.000000385. The zero-order chi connectivity index (χ0) is 16.0. The van der Waals surface area contributed by atoms with Gasteiger partial charge in [-0.1, -0.05) is 0 Å². The normalized spacial score (nSPS) is 35.2. The molecule has 7 N–H and O–H groups in total. The third kappa shape index (κ3) is 5.66. The fourth-order valence-corrected chi connectivity index (χ4v) is 1.80. The highest BCUT2D eigenvalue weighted by atomic mass is 16.5. The van der Waals surface area contributed by atoms with Crippen molar-refractivity contribution in [3.8, 4) is 0 Å². The Morgan fingerprint density at radius 2 is 1.55 bits per heavy atom. The maximum absolute atomic E-state index is 10.6. The van der Waals surface area contributed by atoms with Gasteiger partial charge in [0.1, 0.15) is 37.6 Å². The number of hydrogen-bond acceptors (Lipinski definition) is 9. The number of Topliss-reactive ketones (excluding diaryl/α,β-unsaturated/α-hetero) is 2. The summed E-state index contributed by atoms with van der Waals surface area (Å²) in [4.78, 5) is 21.2. The minimum absolute atomic E-state index is 0. The van der Waals surface area contributed by atoms with E-state index in [-0.39, 0.29) is 43.6 Å². The van der Waals surface area contributed by atoms with Crippen molar-refractivity contribution in [2.45, 2.75) is 36.9 Å². The molecule has 1 unspecified atom stereocenters. The SMILES string of the molecule is O.O=C1CO[C@H](CO)C(O)[C@@H]1O.O=C1CO[C@H](CO)C[C@@H]1O. The molecule has 2 rings (SSSR count). The van der Waals surface area contributed by atoms with Crippen molar-refractivity contribution in [1.29, 1.82) is 0 Å². The topological polar surface area (TPSA) is 185 Å². The van der Waals surface area contributed by atoms with Crippen LogP contribution in [0.3, 0.4) is 0 Å². The number of hydrogen-bond donors (Lipinski definition) is 5. The van der Waals surface area contributed by atoms with Crippen molar-refractivity contribution in [3.63, 3.8) is 0 Å². The van der Waals surface area contributed by atoms with E-state index in [0.29, 0.717) is 0 Å². The van der Waals surface area contributed by atoms with E-state index < -0.39 is 36.8 Å². The van der Waals surface area contributed by atoms with Crippen molar-refractivity contribution in [3.05, 3.63) is 0 Å². The van der Waals surface area contributed by atoms with Crippen LogP contribution in [-0.4, -0.2) is 99.5 Å². The van der Waals surface area contributed by atoms with E-state index in [2.05, 4.69) is 0 Å². The van der Waals surface area contributed by atoms with E-state index in [1.54, 1.807) is 0 Å². The molecule has 0 aromatic rings. The number of carbonyl (C=O) groups excluding carboxylic acids is 2. The van der Waals surface area contributed by atoms with E-state index in [4.69, 9.17) is 35.0 Å². The zero-order valence-electron chi connectivity index (χ0n) is 11.8. The summed E-state index contributed by atoms with van der Waals surface area (Å²) in [6, 6.07) is 0. The molecule has 10 heteroatoms. The molecule has 130 valence electrons. The van der Waals surface area contributed by atoms with Gasteiger partial charge in [0, 0.05) is 6.42 Å². The van der Waals surface area contributed by atoms with Gasteiger partial charge in [-0.15, -0.1) is 0 Å². The summed E-state index contributed by atoms with van der Waals surface area (Å²) >= 11 is 0. The maximum atomic E-state index is 10.6. The van der Waals surface area contributed by atoms with E-state index in [0.717, 1.165) is 0 Å². The number of carbonyl (C=O) groups is 2. The number of aliphatic hydroxyl groups excluding tert-OH is 5. The monoisotopic (exact) mass is 326 g/mol. The van der Waals surface area contributed by atoms with E-state index in [9.17, 15) is 9.59 Å². The van der Waals surface area contributed by atoms with Crippen LogP contribution < -0.4 is 0 Å². The van der Waals surface area contributed by atoms with Gasteiger partial charge in [-0.25, -0.2) is 0 Å². The predicted molar refractivity (Wildman–Crippen MR) is 69.9 cm³/mol. The molecule has 2 aliphatic rings. The molecule has 0 aliphatic carbocycles. The molecule has 0 radical (unpaired) electrons. The first-order chi connectivity index (χ1) is 9.90. The van der Waals surface area contributed by atoms with Gasteiger partial charge in [-0.3, -0.25) is 9.59 Å². The molecular formula is C12H22O10. The third-order valence-corrected chi connectivity index (χ3v) is 3.18. The molecule has 0 aromatic carbocycles. The van der Waals surface area contributed by atoms with Gasteiger partial charge in [-0.2, -0.15) is 0 Å². The molecule has 10 nitrogen and oxygen atoms in total. The highest BCUT2D eigenvalue weighted by Crippen LogP contribution is 2.11. The fourth-order valence-electron chi connectivity index (χ4n) is 1.80. The summed E-state index contributed by atoms with van der Waals surface area (Å²) in [6.45, 7) is -0.855. The van der Waals surface area contributed by atoms with Crippen LogP contribution >= 0.6 is 0 Å². The minimum Gasteiger partial charge on any atom is -0.412 e. The summed E-state index contributed by atoms with van der Waals surface area (Å²) in [5.74, 6) is -0.855. The van der Waals surface area contributed by atoms with Gasteiger partial charge < -0.3 is 40.5 Å². The number of ether oxygens (including phenoxy) is 2. The predicted octanol–water partition coefficient (Wildman–Crippen LogP) is -4.46. The lowest BCUT2D eigenvalue weighted by Crippen LogP contribution is -2.51. The molecule has 2 aliphatic heterocycles. The lowest BCUT2D eigenvalue weighted by Gasteiger charge is -2.29. The first kappa shape index (κ1) is 21.0. The van der Waals surface area contributed by atoms with Gasteiger partial charge >= 0.3 is 0 Å². The Bertz CT molecular complexity index is 360. The lowest BCUT2D eigenvalue weighted by molar-refractivity contribution is -0.170.